The van der Waals surface area contributed by atoms with E-state index in [1.807, 2.05) is 0 Å². The maximum absolute atomic E-state index is 11.2. The molecule has 4 nitrogen and oxygen atoms in total. The van der Waals surface area contributed by atoms with Crippen LogP contribution in [0.4, 0.5) is 0 Å². The second-order valence-corrected chi connectivity index (χ2v) is 10.1. The Bertz CT molecular complexity index is 531. The van der Waals surface area contributed by atoms with E-state index in [4.69, 9.17) is 0 Å². The summed E-state index contributed by atoms with van der Waals surface area (Å²) in [6.07, 6.45) is 33.2. The topological polar surface area (TPSA) is 41.1 Å². The molecule has 1 amide bonds. The Morgan fingerprint density at radius 1 is 0.848 bits per heavy atom. The molecule has 1 aliphatic heterocycles. The van der Waals surface area contributed by atoms with E-state index in [0.29, 0.717) is 6.17 Å². The Kier molecular flexibility index (Phi) is 18.1. The first-order valence-corrected chi connectivity index (χ1v) is 14.4. The van der Waals surface area contributed by atoms with E-state index in [9.17, 15) is 4.79 Å². The van der Waals surface area contributed by atoms with Gasteiger partial charge < -0.3 is 10.6 Å². The number of quaternary nitrogens is 1. The van der Waals surface area contributed by atoms with Crippen LogP contribution in [-0.4, -0.2) is 36.2 Å². The molecule has 0 saturated heterocycles. The van der Waals surface area contributed by atoms with Crippen molar-refractivity contribution < 1.29 is 9.28 Å². The highest BCUT2D eigenvalue weighted by Gasteiger charge is 2.34. The van der Waals surface area contributed by atoms with Crippen molar-refractivity contribution in [2.75, 3.05) is 19.6 Å². The molecule has 0 spiro atoms. The number of hydrogen-bond donors (Lipinski definition) is 2. The van der Waals surface area contributed by atoms with Crippen molar-refractivity contribution >= 4 is 5.91 Å². The molecule has 1 aliphatic rings. The van der Waals surface area contributed by atoms with Crippen LogP contribution in [0.2, 0.25) is 0 Å². The molecule has 2 N–H and O–H groups in total. The van der Waals surface area contributed by atoms with Crippen LogP contribution in [0, 0.1) is 0 Å². The summed E-state index contributed by atoms with van der Waals surface area (Å²) in [4.78, 5) is 11.2. The Labute approximate surface area is 206 Å². The average Bonchev–Trinajstić information content (AvgIpc) is 3.21. The standard InChI is InChI=1S/C29H55N3O/c1-4-6-7-8-9-10-11-12-13-14-15-16-17-18-19-20-21-22-23-29-31-25-27-32(29,5-2)26-24-30-28(3)33/h22-23,25,27,29,31H,4-21,24,26H2,1-3H3/p+1/b23-22+. The number of likely N-dealkylation sites (N-methyl/N-ethyl adjacent to an activating group) is 1. The van der Waals surface area contributed by atoms with Crippen LogP contribution in [0.1, 0.15) is 130 Å². The molecule has 0 aromatic heterocycles. The molecule has 2 unspecified atom stereocenters. The number of amides is 1. The summed E-state index contributed by atoms with van der Waals surface area (Å²) in [6, 6.07) is 0. The van der Waals surface area contributed by atoms with Gasteiger partial charge in [-0.25, -0.2) is 0 Å². The lowest BCUT2D eigenvalue weighted by Gasteiger charge is -2.35. The number of nitrogens with one attached hydrogen (secondary N) is 2. The minimum absolute atomic E-state index is 0.0518. The Morgan fingerprint density at radius 3 is 1.85 bits per heavy atom. The van der Waals surface area contributed by atoms with Gasteiger partial charge in [-0.3, -0.25) is 9.28 Å². The largest absolute Gasteiger partial charge is 0.351 e. The predicted molar refractivity (Wildman–Crippen MR) is 144 cm³/mol. The molecular weight excluding hydrogens is 406 g/mol. The summed E-state index contributed by atoms with van der Waals surface area (Å²) in [6.45, 7) is 8.77. The van der Waals surface area contributed by atoms with Crippen molar-refractivity contribution in [3.8, 4) is 0 Å². The monoisotopic (exact) mass is 462 g/mol. The van der Waals surface area contributed by atoms with Crippen LogP contribution in [-0.2, 0) is 4.79 Å². The lowest BCUT2D eigenvalue weighted by Crippen LogP contribution is -2.54. The van der Waals surface area contributed by atoms with Gasteiger partial charge in [0.05, 0.1) is 19.3 Å². The van der Waals surface area contributed by atoms with Gasteiger partial charge in [0.15, 0.2) is 6.17 Å². The van der Waals surface area contributed by atoms with Crippen molar-refractivity contribution in [3.63, 3.8) is 0 Å². The molecule has 4 heteroatoms. The third-order valence-corrected chi connectivity index (χ3v) is 7.23. The summed E-state index contributed by atoms with van der Waals surface area (Å²) in [5.41, 5.74) is 0. The summed E-state index contributed by atoms with van der Waals surface area (Å²) >= 11 is 0. The van der Waals surface area contributed by atoms with Gasteiger partial charge in [-0.2, -0.15) is 0 Å². The van der Waals surface area contributed by atoms with Crippen molar-refractivity contribution in [2.24, 2.45) is 0 Å². The number of allylic oxidation sites excluding steroid dienone is 1. The van der Waals surface area contributed by atoms with Gasteiger partial charge in [-0.15, -0.1) is 0 Å². The maximum atomic E-state index is 11.2. The Morgan fingerprint density at radius 2 is 1.36 bits per heavy atom. The molecule has 2 atom stereocenters. The zero-order valence-corrected chi connectivity index (χ0v) is 22.4. The number of carbonyl (C=O) groups excluding carboxylic acids is 1. The van der Waals surface area contributed by atoms with Crippen LogP contribution in [0.15, 0.2) is 24.6 Å². The van der Waals surface area contributed by atoms with Crippen LogP contribution in [0.3, 0.4) is 0 Å². The van der Waals surface area contributed by atoms with Gasteiger partial charge in [0.25, 0.3) is 0 Å². The van der Waals surface area contributed by atoms with Crippen molar-refractivity contribution in [1.29, 1.82) is 0 Å². The highest BCUT2D eigenvalue weighted by molar-refractivity contribution is 5.72. The first-order valence-electron chi connectivity index (χ1n) is 14.4. The van der Waals surface area contributed by atoms with E-state index in [2.05, 4.69) is 49.0 Å². The van der Waals surface area contributed by atoms with Gasteiger partial charge in [-0.1, -0.05) is 109 Å². The lowest BCUT2D eigenvalue weighted by atomic mass is 10.0. The fourth-order valence-electron chi connectivity index (χ4n) is 4.91. The van der Waals surface area contributed by atoms with Crippen LogP contribution in [0.25, 0.3) is 0 Å². The molecule has 0 bridgehead atoms. The minimum atomic E-state index is 0.0518. The molecule has 1 heterocycles. The van der Waals surface area contributed by atoms with Gasteiger partial charge in [0.2, 0.25) is 5.91 Å². The van der Waals surface area contributed by atoms with E-state index in [1.165, 1.54) is 109 Å². The van der Waals surface area contributed by atoms with Crippen LogP contribution < -0.4 is 10.6 Å². The zero-order chi connectivity index (χ0) is 24.0. The van der Waals surface area contributed by atoms with Gasteiger partial charge in [-0.05, 0) is 25.8 Å². The van der Waals surface area contributed by atoms with E-state index < -0.39 is 0 Å². The summed E-state index contributed by atoms with van der Waals surface area (Å²) in [5, 5.41) is 6.42. The Balaban J connectivity index is 1.95. The summed E-state index contributed by atoms with van der Waals surface area (Å²) in [7, 11) is 0. The SMILES string of the molecule is CCCCCCCCCCCCCCCCCC/C=C/C1NC=C[N+]1(CC)CCNC(C)=O. The molecule has 33 heavy (non-hydrogen) atoms. The van der Waals surface area contributed by atoms with Gasteiger partial charge >= 0.3 is 0 Å². The third-order valence-electron chi connectivity index (χ3n) is 7.23. The number of hydrogen-bond acceptors (Lipinski definition) is 2. The molecule has 0 aromatic rings. The van der Waals surface area contributed by atoms with E-state index in [-0.39, 0.29) is 5.91 Å². The molecule has 0 aliphatic carbocycles. The second-order valence-electron chi connectivity index (χ2n) is 10.1. The fourth-order valence-corrected chi connectivity index (χ4v) is 4.91. The summed E-state index contributed by atoms with van der Waals surface area (Å²) < 4.78 is 0.871. The lowest BCUT2D eigenvalue weighted by molar-refractivity contribution is -0.891. The molecule has 0 saturated carbocycles. The van der Waals surface area contributed by atoms with E-state index in [1.54, 1.807) is 6.92 Å². The van der Waals surface area contributed by atoms with Crippen molar-refractivity contribution in [2.45, 2.75) is 136 Å². The maximum Gasteiger partial charge on any atom is 0.217 e. The molecular formula is C29H56N3O+. The highest BCUT2D eigenvalue weighted by Crippen LogP contribution is 2.19. The molecule has 0 fully saturated rings. The van der Waals surface area contributed by atoms with Crippen molar-refractivity contribution in [3.05, 3.63) is 24.6 Å². The minimum Gasteiger partial charge on any atom is -0.351 e. The normalized spacial score (nSPS) is 19.9. The quantitative estimate of drug-likeness (QED) is 0.0989. The third kappa shape index (κ3) is 14.6. The smallest absolute Gasteiger partial charge is 0.217 e. The predicted octanol–water partition coefficient (Wildman–Crippen LogP) is 7.57. The number of carbonyl (C=O) groups is 1. The number of unbranched alkanes of at least 4 members (excludes halogenated alkanes) is 16. The summed E-state index contributed by atoms with van der Waals surface area (Å²) in [5.74, 6) is 0.0518. The Hall–Kier alpha value is -1.29. The van der Waals surface area contributed by atoms with Crippen molar-refractivity contribution in [1.82, 2.24) is 10.6 Å². The fraction of sp³-hybridized carbons (Fsp3) is 0.828. The second kappa shape index (κ2) is 20.1. The van der Waals surface area contributed by atoms with Gasteiger partial charge in [0.1, 0.15) is 12.7 Å². The first-order chi connectivity index (χ1) is 16.1. The van der Waals surface area contributed by atoms with E-state index in [0.717, 1.165) is 24.1 Å². The zero-order valence-electron chi connectivity index (χ0n) is 22.4. The van der Waals surface area contributed by atoms with Crippen LogP contribution >= 0.6 is 0 Å². The number of nitrogens with zero attached hydrogens (tertiary/aromatic N) is 1. The molecule has 0 aromatic carbocycles. The number of rotatable bonds is 22. The van der Waals surface area contributed by atoms with E-state index >= 15 is 0 Å². The molecule has 1 rings (SSSR count). The first kappa shape index (κ1) is 29.7. The van der Waals surface area contributed by atoms with Gasteiger partial charge in [0, 0.05) is 6.92 Å². The molecule has 192 valence electrons. The highest BCUT2D eigenvalue weighted by atomic mass is 16.1. The van der Waals surface area contributed by atoms with Crippen LogP contribution in [0.5, 0.6) is 0 Å². The molecule has 0 radical (unpaired) electrons. The average molecular weight is 463 g/mol.